The number of unbranched alkanes of at least 4 members (excludes halogenated alkanes) is 1. The van der Waals surface area contributed by atoms with E-state index in [4.69, 9.17) is 15.2 Å². The number of carbonyl (C=O) groups excluding carboxylic acids is 2. The topological polar surface area (TPSA) is 134 Å². The van der Waals surface area contributed by atoms with E-state index in [1.165, 1.54) is 36.4 Å². The van der Waals surface area contributed by atoms with Gasteiger partial charge in [0, 0.05) is 23.3 Å². The molecular formula is C22H27N3O6. The number of nitrogens with one attached hydrogen (secondary N) is 1. The van der Waals surface area contributed by atoms with E-state index in [2.05, 4.69) is 5.32 Å². The van der Waals surface area contributed by atoms with Crippen molar-refractivity contribution in [2.75, 3.05) is 18.5 Å². The summed E-state index contributed by atoms with van der Waals surface area (Å²) in [4.78, 5) is 35.0. The zero-order valence-electron chi connectivity index (χ0n) is 17.8. The summed E-state index contributed by atoms with van der Waals surface area (Å²) in [5.74, 6) is -0.558. The van der Waals surface area contributed by atoms with Gasteiger partial charge in [-0.3, -0.25) is 19.7 Å². The average Bonchev–Trinajstić information content (AvgIpc) is 2.72. The standard InChI is InChI=1S/C22H27N3O6/c1-4-5-10-30-20-12-16(7-9-18(20)25(28)29)22(27)24-17-8-6-15(21(23)26)11-19(17)31-13-14(2)3/h6-9,11-12,14H,4-5,10,13H2,1-3H3,(H2,23,26)(H,24,27). The summed E-state index contributed by atoms with van der Waals surface area (Å²) in [6, 6.07) is 8.41. The number of nitrogens with two attached hydrogens (primary N) is 1. The third kappa shape index (κ3) is 6.70. The zero-order chi connectivity index (χ0) is 23.0. The summed E-state index contributed by atoms with van der Waals surface area (Å²) >= 11 is 0. The fourth-order valence-electron chi connectivity index (χ4n) is 2.60. The maximum atomic E-state index is 12.8. The highest BCUT2D eigenvalue weighted by molar-refractivity contribution is 6.06. The van der Waals surface area contributed by atoms with Gasteiger partial charge in [0.2, 0.25) is 5.91 Å². The summed E-state index contributed by atoms with van der Waals surface area (Å²) in [7, 11) is 0. The molecule has 0 aliphatic heterocycles. The molecule has 0 heterocycles. The molecular weight excluding hydrogens is 402 g/mol. The number of benzene rings is 2. The first-order valence-corrected chi connectivity index (χ1v) is 10.0. The van der Waals surface area contributed by atoms with E-state index in [9.17, 15) is 19.7 Å². The van der Waals surface area contributed by atoms with Crippen molar-refractivity contribution in [2.24, 2.45) is 11.7 Å². The van der Waals surface area contributed by atoms with Gasteiger partial charge in [-0.1, -0.05) is 27.2 Å². The SMILES string of the molecule is CCCCOc1cc(C(=O)Nc2ccc(C(N)=O)cc2OCC(C)C)ccc1[N+](=O)[O-]. The van der Waals surface area contributed by atoms with Crippen molar-refractivity contribution in [1.29, 1.82) is 0 Å². The van der Waals surface area contributed by atoms with Crippen LogP contribution in [0.25, 0.3) is 0 Å². The van der Waals surface area contributed by atoms with Crippen LogP contribution in [-0.4, -0.2) is 30.0 Å². The molecule has 0 spiro atoms. The number of nitro benzene ring substituents is 1. The minimum Gasteiger partial charge on any atom is -0.491 e. The number of carbonyl (C=O) groups is 2. The number of hydrogen-bond donors (Lipinski definition) is 2. The molecule has 0 fully saturated rings. The summed E-state index contributed by atoms with van der Waals surface area (Å²) in [5, 5.41) is 14.0. The summed E-state index contributed by atoms with van der Waals surface area (Å²) in [6.45, 7) is 6.59. The third-order valence-electron chi connectivity index (χ3n) is 4.26. The van der Waals surface area contributed by atoms with Gasteiger partial charge in [0.05, 0.1) is 23.8 Å². The van der Waals surface area contributed by atoms with Gasteiger partial charge < -0.3 is 20.5 Å². The van der Waals surface area contributed by atoms with Crippen LogP contribution in [0.15, 0.2) is 36.4 Å². The van der Waals surface area contributed by atoms with E-state index < -0.39 is 16.7 Å². The lowest BCUT2D eigenvalue weighted by atomic mass is 10.1. The second-order valence-electron chi connectivity index (χ2n) is 7.38. The highest BCUT2D eigenvalue weighted by Gasteiger charge is 2.19. The molecule has 2 aromatic carbocycles. The Balaban J connectivity index is 2.30. The van der Waals surface area contributed by atoms with E-state index in [0.29, 0.717) is 24.7 Å². The number of ether oxygens (including phenoxy) is 2. The highest BCUT2D eigenvalue weighted by atomic mass is 16.6. The van der Waals surface area contributed by atoms with Crippen LogP contribution in [0.3, 0.4) is 0 Å². The van der Waals surface area contributed by atoms with Crippen molar-refractivity contribution < 1.29 is 24.0 Å². The number of amides is 2. The lowest BCUT2D eigenvalue weighted by molar-refractivity contribution is -0.385. The Morgan fingerprint density at radius 2 is 1.77 bits per heavy atom. The molecule has 2 amide bonds. The molecule has 0 saturated heterocycles. The smallest absolute Gasteiger partial charge is 0.310 e. The van der Waals surface area contributed by atoms with Crippen LogP contribution in [0.2, 0.25) is 0 Å². The van der Waals surface area contributed by atoms with E-state index in [1.807, 2.05) is 20.8 Å². The zero-order valence-corrected chi connectivity index (χ0v) is 17.8. The average molecular weight is 429 g/mol. The molecule has 166 valence electrons. The highest BCUT2D eigenvalue weighted by Crippen LogP contribution is 2.30. The minimum absolute atomic E-state index is 0.0338. The third-order valence-corrected chi connectivity index (χ3v) is 4.26. The molecule has 2 rings (SSSR count). The number of anilines is 1. The number of hydrogen-bond acceptors (Lipinski definition) is 6. The quantitative estimate of drug-likeness (QED) is 0.313. The van der Waals surface area contributed by atoms with Crippen molar-refractivity contribution >= 4 is 23.2 Å². The molecule has 0 aliphatic carbocycles. The van der Waals surface area contributed by atoms with Gasteiger partial charge in [0.25, 0.3) is 5.91 Å². The van der Waals surface area contributed by atoms with Crippen molar-refractivity contribution in [1.82, 2.24) is 0 Å². The molecule has 2 aromatic rings. The second-order valence-corrected chi connectivity index (χ2v) is 7.38. The maximum absolute atomic E-state index is 12.8. The van der Waals surface area contributed by atoms with E-state index in [0.717, 1.165) is 12.8 Å². The summed E-state index contributed by atoms with van der Waals surface area (Å²) < 4.78 is 11.2. The van der Waals surface area contributed by atoms with Crippen LogP contribution < -0.4 is 20.5 Å². The first-order valence-electron chi connectivity index (χ1n) is 10.0. The monoisotopic (exact) mass is 429 g/mol. The summed E-state index contributed by atoms with van der Waals surface area (Å²) in [5.41, 5.74) is 5.91. The Morgan fingerprint density at radius 1 is 1.10 bits per heavy atom. The molecule has 9 nitrogen and oxygen atoms in total. The van der Waals surface area contributed by atoms with E-state index >= 15 is 0 Å². The normalized spacial score (nSPS) is 10.6. The van der Waals surface area contributed by atoms with Crippen LogP contribution in [0.4, 0.5) is 11.4 Å². The molecule has 0 saturated carbocycles. The molecule has 9 heteroatoms. The van der Waals surface area contributed by atoms with Crippen molar-refractivity contribution in [2.45, 2.75) is 33.6 Å². The predicted octanol–water partition coefficient (Wildman–Crippen LogP) is 4.16. The number of nitro groups is 1. The molecule has 0 aliphatic rings. The molecule has 0 aromatic heterocycles. The largest absolute Gasteiger partial charge is 0.491 e. The van der Waals surface area contributed by atoms with Gasteiger partial charge in [0.1, 0.15) is 5.75 Å². The Morgan fingerprint density at radius 3 is 2.39 bits per heavy atom. The molecule has 0 unspecified atom stereocenters. The minimum atomic E-state index is -0.614. The van der Waals surface area contributed by atoms with Crippen LogP contribution in [0, 0.1) is 16.0 Å². The molecule has 3 N–H and O–H groups in total. The first-order chi connectivity index (χ1) is 14.7. The van der Waals surface area contributed by atoms with Crippen LogP contribution in [0.5, 0.6) is 11.5 Å². The fraction of sp³-hybridized carbons (Fsp3) is 0.364. The molecule has 0 bridgehead atoms. The second kappa shape index (κ2) is 11.0. The Labute approximate surface area is 180 Å². The van der Waals surface area contributed by atoms with Gasteiger partial charge in [0.15, 0.2) is 5.75 Å². The molecule has 0 radical (unpaired) electrons. The number of rotatable bonds is 11. The van der Waals surface area contributed by atoms with Crippen LogP contribution in [0.1, 0.15) is 54.3 Å². The van der Waals surface area contributed by atoms with Gasteiger partial charge in [-0.05, 0) is 36.6 Å². The van der Waals surface area contributed by atoms with Crippen molar-refractivity contribution in [3.63, 3.8) is 0 Å². The first kappa shape index (κ1) is 23.7. The van der Waals surface area contributed by atoms with Gasteiger partial charge in [-0.2, -0.15) is 0 Å². The number of nitrogens with zero attached hydrogens (tertiary/aromatic N) is 1. The van der Waals surface area contributed by atoms with Crippen LogP contribution in [-0.2, 0) is 0 Å². The van der Waals surface area contributed by atoms with Crippen molar-refractivity contribution in [3.8, 4) is 11.5 Å². The van der Waals surface area contributed by atoms with Gasteiger partial charge in [-0.15, -0.1) is 0 Å². The molecule has 31 heavy (non-hydrogen) atoms. The van der Waals surface area contributed by atoms with E-state index in [1.54, 1.807) is 0 Å². The Hall–Kier alpha value is -3.62. The fourth-order valence-corrected chi connectivity index (χ4v) is 2.60. The Kier molecular flexibility index (Phi) is 8.36. The predicted molar refractivity (Wildman–Crippen MR) is 117 cm³/mol. The Bertz CT molecular complexity index is 958. The number of primary amides is 1. The van der Waals surface area contributed by atoms with E-state index in [-0.39, 0.29) is 28.5 Å². The van der Waals surface area contributed by atoms with Gasteiger partial charge >= 0.3 is 5.69 Å². The lowest BCUT2D eigenvalue weighted by Crippen LogP contribution is -2.16. The summed E-state index contributed by atoms with van der Waals surface area (Å²) in [6.07, 6.45) is 1.60. The van der Waals surface area contributed by atoms with Gasteiger partial charge in [-0.25, -0.2) is 0 Å². The van der Waals surface area contributed by atoms with Crippen LogP contribution >= 0.6 is 0 Å². The maximum Gasteiger partial charge on any atom is 0.310 e. The lowest BCUT2D eigenvalue weighted by Gasteiger charge is -2.15. The molecule has 0 atom stereocenters. The van der Waals surface area contributed by atoms with Crippen molar-refractivity contribution in [3.05, 3.63) is 57.6 Å².